The van der Waals surface area contributed by atoms with Gasteiger partial charge in [-0.1, -0.05) is 15.9 Å². The number of morpholine rings is 1. The number of methoxy groups -OCH3 is 1. The number of aromatic nitrogens is 1. The minimum Gasteiger partial charge on any atom is -0.496 e. The van der Waals surface area contributed by atoms with Gasteiger partial charge >= 0.3 is 0 Å². The fraction of sp³-hybridized carbons (Fsp3) is 0.643. The number of ether oxygens (including phenoxy) is 2. The summed E-state index contributed by atoms with van der Waals surface area (Å²) in [6, 6.07) is 0.419. The van der Waals surface area contributed by atoms with Gasteiger partial charge in [0, 0.05) is 41.8 Å². The van der Waals surface area contributed by atoms with Crippen molar-refractivity contribution < 1.29 is 9.47 Å². The van der Waals surface area contributed by atoms with E-state index in [1.165, 1.54) is 0 Å². The molecule has 0 aliphatic carbocycles. The molecule has 2 rings (SSSR count). The highest BCUT2D eigenvalue weighted by molar-refractivity contribution is 9.09. The first-order valence-corrected chi connectivity index (χ1v) is 7.66. The number of rotatable bonds is 4. The molecule has 0 N–H and O–H groups in total. The van der Waals surface area contributed by atoms with Crippen molar-refractivity contribution in [1.82, 2.24) is 9.88 Å². The third-order valence-corrected chi connectivity index (χ3v) is 4.38. The number of hydrogen-bond donors (Lipinski definition) is 0. The lowest BCUT2D eigenvalue weighted by Crippen LogP contribution is -2.46. The van der Waals surface area contributed by atoms with Crippen LogP contribution in [0.3, 0.4) is 0 Å². The molecule has 1 aromatic rings. The lowest BCUT2D eigenvalue weighted by atomic mass is 10.1. The fourth-order valence-electron chi connectivity index (χ4n) is 2.46. The average molecular weight is 329 g/mol. The molecule has 5 heteroatoms. The molecule has 19 heavy (non-hydrogen) atoms. The average Bonchev–Trinajstić information content (AvgIpc) is 2.43. The Labute approximate surface area is 123 Å². The van der Waals surface area contributed by atoms with Gasteiger partial charge in [0.05, 0.1) is 26.0 Å². The molecule has 4 nitrogen and oxygen atoms in total. The molecule has 0 amide bonds. The van der Waals surface area contributed by atoms with E-state index in [4.69, 9.17) is 9.47 Å². The molecule has 106 valence electrons. The van der Waals surface area contributed by atoms with Crippen molar-refractivity contribution in [3.63, 3.8) is 0 Å². The first-order valence-electron chi connectivity index (χ1n) is 6.54. The van der Waals surface area contributed by atoms with Gasteiger partial charge in [0.15, 0.2) is 0 Å². The maximum absolute atomic E-state index is 5.52. The van der Waals surface area contributed by atoms with Crippen LogP contribution in [0.1, 0.15) is 16.8 Å². The van der Waals surface area contributed by atoms with E-state index in [-0.39, 0.29) is 0 Å². The van der Waals surface area contributed by atoms with E-state index in [1.54, 1.807) is 7.11 Å². The Morgan fingerprint density at radius 1 is 1.53 bits per heavy atom. The van der Waals surface area contributed by atoms with Gasteiger partial charge in [0.1, 0.15) is 5.75 Å². The molecule has 1 saturated heterocycles. The van der Waals surface area contributed by atoms with Crippen LogP contribution < -0.4 is 4.74 Å². The largest absolute Gasteiger partial charge is 0.496 e. The van der Waals surface area contributed by atoms with Crippen LogP contribution in [0.4, 0.5) is 0 Å². The maximum Gasteiger partial charge on any atom is 0.128 e. The van der Waals surface area contributed by atoms with Gasteiger partial charge in [-0.25, -0.2) is 0 Å². The Hall–Kier alpha value is -0.650. The van der Waals surface area contributed by atoms with E-state index in [9.17, 15) is 0 Å². The van der Waals surface area contributed by atoms with Crippen LogP contribution in [0.15, 0.2) is 6.20 Å². The monoisotopic (exact) mass is 328 g/mol. The highest BCUT2D eigenvalue weighted by Gasteiger charge is 2.23. The fourth-order valence-corrected chi connectivity index (χ4v) is 3.06. The second-order valence-electron chi connectivity index (χ2n) is 4.90. The van der Waals surface area contributed by atoms with Crippen LogP contribution in [0, 0.1) is 13.8 Å². The Morgan fingerprint density at radius 2 is 2.32 bits per heavy atom. The van der Waals surface area contributed by atoms with Gasteiger partial charge in [-0.05, 0) is 13.8 Å². The lowest BCUT2D eigenvalue weighted by molar-refractivity contribution is -0.00278. The van der Waals surface area contributed by atoms with Crippen molar-refractivity contribution >= 4 is 15.9 Å². The number of hydrogen-bond acceptors (Lipinski definition) is 4. The first-order chi connectivity index (χ1) is 9.17. The van der Waals surface area contributed by atoms with E-state index < -0.39 is 0 Å². The van der Waals surface area contributed by atoms with Crippen molar-refractivity contribution in [1.29, 1.82) is 0 Å². The summed E-state index contributed by atoms with van der Waals surface area (Å²) in [6.45, 7) is 7.49. The van der Waals surface area contributed by atoms with E-state index in [0.717, 1.165) is 54.2 Å². The summed E-state index contributed by atoms with van der Waals surface area (Å²) in [5.74, 6) is 0.952. The lowest BCUT2D eigenvalue weighted by Gasteiger charge is -2.34. The highest BCUT2D eigenvalue weighted by Crippen LogP contribution is 2.25. The molecule has 0 saturated carbocycles. The van der Waals surface area contributed by atoms with Gasteiger partial charge in [-0.2, -0.15) is 0 Å². The standard InChI is InChI=1S/C14H21BrN2O2/c1-10-7-16-13(11(2)14(10)18-3)8-17-4-5-19-9-12(17)6-15/h7,12H,4-6,8-9H2,1-3H3. The normalized spacial score (nSPS) is 20.5. The summed E-state index contributed by atoms with van der Waals surface area (Å²) in [4.78, 5) is 6.99. The van der Waals surface area contributed by atoms with Crippen molar-refractivity contribution in [2.75, 3.05) is 32.2 Å². The molecule has 1 aliphatic heterocycles. The molecule has 1 aliphatic rings. The first kappa shape index (κ1) is 14.8. The summed E-state index contributed by atoms with van der Waals surface area (Å²) in [6.07, 6.45) is 1.89. The number of aryl methyl sites for hydroxylation is 1. The molecule has 1 fully saturated rings. The Bertz CT molecular complexity index is 440. The summed E-state index contributed by atoms with van der Waals surface area (Å²) >= 11 is 3.56. The van der Waals surface area contributed by atoms with E-state index >= 15 is 0 Å². The van der Waals surface area contributed by atoms with Crippen molar-refractivity contribution in [3.8, 4) is 5.75 Å². The predicted molar refractivity (Wildman–Crippen MR) is 79.1 cm³/mol. The zero-order chi connectivity index (χ0) is 13.8. The van der Waals surface area contributed by atoms with Crippen LogP contribution in [-0.2, 0) is 11.3 Å². The van der Waals surface area contributed by atoms with Gasteiger partial charge in [-0.3, -0.25) is 9.88 Å². The van der Waals surface area contributed by atoms with E-state index in [1.807, 2.05) is 13.1 Å². The number of pyridine rings is 1. The summed E-state index contributed by atoms with van der Waals surface area (Å²) in [5.41, 5.74) is 3.32. The van der Waals surface area contributed by atoms with Crippen molar-refractivity contribution in [2.24, 2.45) is 0 Å². The van der Waals surface area contributed by atoms with Gasteiger partial charge < -0.3 is 9.47 Å². The summed E-state index contributed by atoms with van der Waals surface area (Å²) in [5, 5.41) is 0.926. The van der Waals surface area contributed by atoms with Crippen LogP contribution in [0.25, 0.3) is 0 Å². The van der Waals surface area contributed by atoms with Gasteiger partial charge in [-0.15, -0.1) is 0 Å². The van der Waals surface area contributed by atoms with Crippen LogP contribution >= 0.6 is 15.9 Å². The Balaban J connectivity index is 2.18. The van der Waals surface area contributed by atoms with Crippen LogP contribution in [-0.4, -0.2) is 48.1 Å². The molecule has 2 heterocycles. The van der Waals surface area contributed by atoms with Gasteiger partial charge in [0.25, 0.3) is 0 Å². The van der Waals surface area contributed by atoms with E-state index in [0.29, 0.717) is 6.04 Å². The molecule has 0 spiro atoms. The molecule has 0 bridgehead atoms. The molecule has 1 atom stereocenters. The summed E-state index contributed by atoms with van der Waals surface area (Å²) in [7, 11) is 1.72. The smallest absolute Gasteiger partial charge is 0.128 e. The van der Waals surface area contributed by atoms with Crippen LogP contribution in [0.5, 0.6) is 5.75 Å². The topological polar surface area (TPSA) is 34.6 Å². The summed E-state index contributed by atoms with van der Waals surface area (Å²) < 4.78 is 11.0. The Kier molecular flexibility index (Phi) is 5.19. The third-order valence-electron chi connectivity index (χ3n) is 3.63. The van der Waals surface area contributed by atoms with Gasteiger partial charge in [0.2, 0.25) is 0 Å². The molecular weight excluding hydrogens is 308 g/mol. The van der Waals surface area contributed by atoms with E-state index in [2.05, 4.69) is 32.7 Å². The quantitative estimate of drug-likeness (QED) is 0.794. The zero-order valence-electron chi connectivity index (χ0n) is 11.8. The number of alkyl halides is 1. The highest BCUT2D eigenvalue weighted by atomic mass is 79.9. The second-order valence-corrected chi connectivity index (χ2v) is 5.55. The molecule has 0 aromatic carbocycles. The molecule has 1 aromatic heterocycles. The molecular formula is C14H21BrN2O2. The van der Waals surface area contributed by atoms with Crippen molar-refractivity contribution in [3.05, 3.63) is 23.0 Å². The minimum atomic E-state index is 0.419. The van der Waals surface area contributed by atoms with Crippen LogP contribution in [0.2, 0.25) is 0 Å². The molecule has 0 radical (unpaired) electrons. The van der Waals surface area contributed by atoms with Crippen molar-refractivity contribution in [2.45, 2.75) is 26.4 Å². The number of halogens is 1. The molecule has 1 unspecified atom stereocenters. The SMILES string of the molecule is COc1c(C)cnc(CN2CCOCC2CBr)c1C. The Morgan fingerprint density at radius 3 is 3.00 bits per heavy atom. The maximum atomic E-state index is 5.52. The zero-order valence-corrected chi connectivity index (χ0v) is 13.4. The minimum absolute atomic E-state index is 0.419. The number of nitrogens with zero attached hydrogens (tertiary/aromatic N) is 2. The predicted octanol–water partition coefficient (Wildman–Crippen LogP) is 2.30. The third kappa shape index (κ3) is 3.27. The second kappa shape index (κ2) is 6.68.